The lowest BCUT2D eigenvalue weighted by molar-refractivity contribution is 0.142. The number of anilines is 2. The van der Waals surface area contributed by atoms with Gasteiger partial charge in [-0.05, 0) is 23.8 Å². The molecule has 3 heterocycles. The lowest BCUT2D eigenvalue weighted by Crippen LogP contribution is -2.48. The quantitative estimate of drug-likeness (QED) is 0.359. The number of amides is 1. The highest BCUT2D eigenvalue weighted by atomic mass is 35.5. The molecule has 0 saturated carbocycles. The van der Waals surface area contributed by atoms with E-state index in [9.17, 15) is 18.3 Å². The molecule has 0 radical (unpaired) electrons. The van der Waals surface area contributed by atoms with Crippen molar-refractivity contribution in [2.75, 3.05) is 36.4 Å². The molecule has 1 fully saturated rings. The van der Waals surface area contributed by atoms with Crippen LogP contribution in [0.5, 0.6) is 11.6 Å². The number of nitrogens with zero attached hydrogens (tertiary/aromatic N) is 6. The maximum absolute atomic E-state index is 11.3. The molecule has 4 N–H and O–H groups in total. The van der Waals surface area contributed by atoms with Gasteiger partial charge in [-0.3, -0.25) is 0 Å². The van der Waals surface area contributed by atoms with Gasteiger partial charge in [-0.2, -0.15) is 4.98 Å². The van der Waals surface area contributed by atoms with E-state index in [-0.39, 0.29) is 18.2 Å². The topological polar surface area (TPSA) is 177 Å². The number of hydrogen-bond donors (Lipinski definition) is 3. The van der Waals surface area contributed by atoms with Gasteiger partial charge in [-0.25, -0.2) is 33.3 Å². The fourth-order valence-corrected chi connectivity index (χ4v) is 4.23. The second-order valence-electron chi connectivity index (χ2n) is 7.86. The van der Waals surface area contributed by atoms with Crippen molar-refractivity contribution >= 4 is 39.6 Å². The van der Waals surface area contributed by atoms with E-state index in [4.69, 9.17) is 21.5 Å². The zero-order chi connectivity index (χ0) is 25.7. The summed E-state index contributed by atoms with van der Waals surface area (Å²) in [6.07, 6.45) is 0.559. The summed E-state index contributed by atoms with van der Waals surface area (Å²) in [7, 11) is -3.65. The first-order chi connectivity index (χ1) is 17.1. The second kappa shape index (κ2) is 10.9. The summed E-state index contributed by atoms with van der Waals surface area (Å²) >= 11 is 5.92. The second-order valence-corrected chi connectivity index (χ2v) is 9.87. The zero-order valence-corrected chi connectivity index (χ0v) is 20.5. The number of benzene rings is 1. The molecule has 0 unspecified atom stereocenters. The fraction of sp³-hybridized carbons (Fsp3) is 0.286. The average molecular weight is 535 g/mol. The Morgan fingerprint density at radius 1 is 1.11 bits per heavy atom. The van der Waals surface area contributed by atoms with Gasteiger partial charge in [0.2, 0.25) is 27.8 Å². The summed E-state index contributed by atoms with van der Waals surface area (Å²) in [5.41, 5.74) is 1.10. The molecule has 4 rings (SSSR count). The van der Waals surface area contributed by atoms with Gasteiger partial charge in [-0.1, -0.05) is 23.7 Å². The molecule has 13 nitrogen and oxygen atoms in total. The standard InChI is InChI=1S/C21H23ClN8O5S/c22-17-5-6-24-19(27-17)25-12-15-11-18(35-16-3-1-14(2-4-16)13-36(23,33)34)28-20(26-15)29-7-9-30(10-8-29)21(31)32/h1-6,11H,7-10,12-13H2,(H,31,32)(H2,23,33,34)(H,24,25,27). The smallest absolute Gasteiger partial charge is 0.407 e. The van der Waals surface area contributed by atoms with Gasteiger partial charge in [0.15, 0.2) is 0 Å². The van der Waals surface area contributed by atoms with E-state index >= 15 is 0 Å². The predicted molar refractivity (Wildman–Crippen MR) is 132 cm³/mol. The number of aromatic nitrogens is 4. The minimum Gasteiger partial charge on any atom is -0.465 e. The highest BCUT2D eigenvalue weighted by Gasteiger charge is 2.23. The van der Waals surface area contributed by atoms with E-state index in [1.54, 1.807) is 36.4 Å². The SMILES string of the molecule is NS(=O)(=O)Cc1ccc(Oc2cc(CNc3nccc(Cl)n3)nc(N3CCN(C(=O)O)CC3)n2)cc1. The van der Waals surface area contributed by atoms with Crippen LogP contribution in [-0.2, 0) is 22.3 Å². The molecule has 1 saturated heterocycles. The van der Waals surface area contributed by atoms with Gasteiger partial charge in [-0.15, -0.1) is 0 Å². The van der Waals surface area contributed by atoms with E-state index in [0.717, 1.165) is 0 Å². The largest absolute Gasteiger partial charge is 0.465 e. The number of ether oxygens (including phenoxy) is 1. The highest BCUT2D eigenvalue weighted by Crippen LogP contribution is 2.24. The van der Waals surface area contributed by atoms with Crippen LogP contribution in [0.25, 0.3) is 0 Å². The number of carboxylic acid groups (broad SMARTS) is 1. The molecule has 2 aromatic heterocycles. The number of carbonyl (C=O) groups is 1. The minimum absolute atomic E-state index is 0.245. The molecule has 190 valence electrons. The van der Waals surface area contributed by atoms with Crippen molar-refractivity contribution < 1.29 is 23.1 Å². The summed E-state index contributed by atoms with van der Waals surface area (Å²) in [5, 5.41) is 17.7. The van der Waals surface area contributed by atoms with Crippen LogP contribution in [0.1, 0.15) is 11.3 Å². The monoisotopic (exact) mass is 534 g/mol. The molecule has 1 aliphatic heterocycles. The number of piperazine rings is 1. The number of sulfonamides is 1. The predicted octanol–water partition coefficient (Wildman–Crippen LogP) is 1.91. The van der Waals surface area contributed by atoms with Gasteiger partial charge in [0.05, 0.1) is 18.0 Å². The normalized spacial score (nSPS) is 13.9. The Morgan fingerprint density at radius 2 is 1.83 bits per heavy atom. The molecule has 1 aromatic carbocycles. The maximum Gasteiger partial charge on any atom is 0.407 e. The number of rotatable bonds is 8. The third-order valence-electron chi connectivity index (χ3n) is 5.14. The van der Waals surface area contributed by atoms with Gasteiger partial charge in [0.1, 0.15) is 10.9 Å². The Labute approximate surface area is 212 Å². The van der Waals surface area contributed by atoms with Crippen molar-refractivity contribution in [1.82, 2.24) is 24.8 Å². The lowest BCUT2D eigenvalue weighted by Gasteiger charge is -2.33. The molecule has 1 aliphatic rings. The average Bonchev–Trinajstić information content (AvgIpc) is 2.83. The zero-order valence-electron chi connectivity index (χ0n) is 18.9. The third-order valence-corrected chi connectivity index (χ3v) is 6.09. The van der Waals surface area contributed by atoms with Crippen molar-refractivity contribution in [3.05, 3.63) is 59.0 Å². The van der Waals surface area contributed by atoms with Crippen LogP contribution < -0.4 is 20.1 Å². The van der Waals surface area contributed by atoms with E-state index in [1.165, 1.54) is 11.1 Å². The summed E-state index contributed by atoms with van der Waals surface area (Å²) in [4.78, 5) is 31.8. The highest BCUT2D eigenvalue weighted by molar-refractivity contribution is 7.88. The van der Waals surface area contributed by atoms with Crippen molar-refractivity contribution in [1.29, 1.82) is 0 Å². The van der Waals surface area contributed by atoms with Gasteiger partial charge in [0.25, 0.3) is 0 Å². The van der Waals surface area contributed by atoms with Crippen LogP contribution in [0.2, 0.25) is 5.15 Å². The molecule has 15 heteroatoms. The van der Waals surface area contributed by atoms with E-state index < -0.39 is 16.1 Å². The van der Waals surface area contributed by atoms with Crippen molar-refractivity contribution in [3.63, 3.8) is 0 Å². The molecule has 0 bridgehead atoms. The number of nitrogens with one attached hydrogen (secondary N) is 1. The molecule has 0 atom stereocenters. The van der Waals surface area contributed by atoms with Crippen LogP contribution in [0.3, 0.4) is 0 Å². The summed E-state index contributed by atoms with van der Waals surface area (Å²) in [6, 6.07) is 9.65. The van der Waals surface area contributed by atoms with Gasteiger partial charge >= 0.3 is 6.09 Å². The first-order valence-electron chi connectivity index (χ1n) is 10.7. The molecule has 36 heavy (non-hydrogen) atoms. The fourth-order valence-electron chi connectivity index (χ4n) is 3.44. The minimum atomic E-state index is -3.65. The number of hydrogen-bond acceptors (Lipinski definition) is 10. The molecular weight excluding hydrogens is 512 g/mol. The van der Waals surface area contributed by atoms with Gasteiger partial charge in [0, 0.05) is 38.4 Å². The Kier molecular flexibility index (Phi) is 7.67. The van der Waals surface area contributed by atoms with Crippen LogP contribution in [0, 0.1) is 0 Å². The Hall–Kier alpha value is -3.75. The van der Waals surface area contributed by atoms with Gasteiger partial charge < -0.3 is 25.0 Å². The van der Waals surface area contributed by atoms with E-state index in [1.807, 2.05) is 4.90 Å². The van der Waals surface area contributed by atoms with Crippen LogP contribution in [-0.4, -0.2) is 70.6 Å². The van der Waals surface area contributed by atoms with Crippen LogP contribution in [0.15, 0.2) is 42.6 Å². The molecule has 0 spiro atoms. The first-order valence-corrected chi connectivity index (χ1v) is 12.8. The Morgan fingerprint density at radius 3 is 2.47 bits per heavy atom. The van der Waals surface area contributed by atoms with Crippen molar-refractivity contribution in [2.45, 2.75) is 12.3 Å². The number of primary sulfonamides is 1. The van der Waals surface area contributed by atoms with Crippen molar-refractivity contribution in [2.24, 2.45) is 5.14 Å². The lowest BCUT2D eigenvalue weighted by atomic mass is 10.2. The first kappa shape index (κ1) is 25.3. The Bertz CT molecular complexity index is 1330. The molecule has 1 amide bonds. The van der Waals surface area contributed by atoms with E-state index in [0.29, 0.717) is 60.2 Å². The third kappa shape index (κ3) is 7.13. The van der Waals surface area contributed by atoms with Crippen LogP contribution >= 0.6 is 11.6 Å². The summed E-state index contributed by atoms with van der Waals surface area (Å²) in [6.45, 7) is 1.72. The summed E-state index contributed by atoms with van der Waals surface area (Å²) < 4.78 is 28.5. The molecule has 3 aromatic rings. The molecular formula is C21H23ClN8O5S. The number of nitrogens with two attached hydrogens (primary N) is 1. The Balaban J connectivity index is 1.55. The van der Waals surface area contributed by atoms with Crippen molar-refractivity contribution in [3.8, 4) is 11.6 Å². The number of halogens is 1. The summed E-state index contributed by atoms with van der Waals surface area (Å²) in [5.74, 6) is 1.11. The molecule has 0 aliphatic carbocycles. The van der Waals surface area contributed by atoms with Crippen LogP contribution in [0.4, 0.5) is 16.7 Å². The van der Waals surface area contributed by atoms with E-state index in [2.05, 4.69) is 25.3 Å². The maximum atomic E-state index is 11.3.